The van der Waals surface area contributed by atoms with Crippen molar-refractivity contribution in [1.82, 2.24) is 9.97 Å². The normalized spacial score (nSPS) is 10.7. The highest BCUT2D eigenvalue weighted by molar-refractivity contribution is 6.33. The van der Waals surface area contributed by atoms with Gasteiger partial charge < -0.3 is 5.32 Å². The van der Waals surface area contributed by atoms with Gasteiger partial charge in [0.05, 0.1) is 40.2 Å². The van der Waals surface area contributed by atoms with E-state index in [0.29, 0.717) is 11.6 Å². The van der Waals surface area contributed by atoms with E-state index in [1.54, 1.807) is 18.3 Å². The van der Waals surface area contributed by atoms with E-state index in [0.717, 1.165) is 16.7 Å². The number of halogens is 2. The topological polar surface area (TPSA) is 37.8 Å². The summed E-state index contributed by atoms with van der Waals surface area (Å²) in [7, 11) is 0. The number of anilines is 1. The van der Waals surface area contributed by atoms with E-state index in [1.165, 1.54) is 6.07 Å². The first-order chi connectivity index (χ1) is 9.74. The fourth-order valence-corrected chi connectivity index (χ4v) is 2.16. The number of benzene rings is 2. The maximum Gasteiger partial charge on any atom is 0.147 e. The Morgan fingerprint density at radius 1 is 1.05 bits per heavy atom. The van der Waals surface area contributed by atoms with E-state index in [9.17, 15) is 4.39 Å². The lowest BCUT2D eigenvalue weighted by Crippen LogP contribution is -2.04. The molecule has 2 aromatic carbocycles. The Morgan fingerprint density at radius 3 is 2.65 bits per heavy atom. The standard InChI is InChI=1S/C15H11ClFN3/c16-11-4-3-5-12(17)15(11)19-9-10-8-18-13-6-1-2-7-14(13)20-10/h1-8,19H,9H2. The average molecular weight is 288 g/mol. The smallest absolute Gasteiger partial charge is 0.147 e. The van der Waals surface area contributed by atoms with Gasteiger partial charge in [-0.15, -0.1) is 0 Å². The molecule has 0 saturated carbocycles. The molecular formula is C15H11ClFN3. The van der Waals surface area contributed by atoms with E-state index >= 15 is 0 Å². The Hall–Kier alpha value is -2.20. The van der Waals surface area contributed by atoms with E-state index < -0.39 is 0 Å². The summed E-state index contributed by atoms with van der Waals surface area (Å²) in [6.45, 7) is 0.360. The molecule has 100 valence electrons. The first kappa shape index (κ1) is 12.8. The first-order valence-electron chi connectivity index (χ1n) is 6.12. The van der Waals surface area contributed by atoms with Gasteiger partial charge in [-0.05, 0) is 24.3 Å². The Morgan fingerprint density at radius 2 is 1.85 bits per heavy atom. The molecule has 1 aromatic heterocycles. The number of para-hydroxylation sites is 3. The fraction of sp³-hybridized carbons (Fsp3) is 0.0667. The number of fused-ring (bicyclic) bond motifs is 1. The van der Waals surface area contributed by atoms with Crippen LogP contribution in [0.25, 0.3) is 11.0 Å². The minimum atomic E-state index is -0.383. The molecule has 0 atom stereocenters. The minimum absolute atomic E-state index is 0.282. The number of nitrogens with one attached hydrogen (secondary N) is 1. The van der Waals surface area contributed by atoms with Gasteiger partial charge in [-0.25, -0.2) is 9.37 Å². The molecule has 0 unspecified atom stereocenters. The summed E-state index contributed by atoms with van der Waals surface area (Å²) in [6.07, 6.45) is 1.67. The monoisotopic (exact) mass is 287 g/mol. The highest BCUT2D eigenvalue weighted by Gasteiger charge is 2.07. The average Bonchev–Trinajstić information content (AvgIpc) is 2.46. The molecule has 1 heterocycles. The van der Waals surface area contributed by atoms with Crippen LogP contribution < -0.4 is 5.32 Å². The van der Waals surface area contributed by atoms with Crippen LogP contribution in [0.2, 0.25) is 5.02 Å². The molecule has 0 aliphatic carbocycles. The molecule has 3 nitrogen and oxygen atoms in total. The Labute approximate surface area is 120 Å². The van der Waals surface area contributed by atoms with Gasteiger partial charge in [0.15, 0.2) is 0 Å². The van der Waals surface area contributed by atoms with Crippen LogP contribution in [0.4, 0.5) is 10.1 Å². The van der Waals surface area contributed by atoms with E-state index in [4.69, 9.17) is 11.6 Å². The van der Waals surface area contributed by atoms with Crippen molar-refractivity contribution in [2.45, 2.75) is 6.54 Å². The van der Waals surface area contributed by atoms with Crippen LogP contribution in [0.5, 0.6) is 0 Å². The lowest BCUT2D eigenvalue weighted by atomic mass is 10.2. The molecule has 0 aliphatic rings. The minimum Gasteiger partial charge on any atom is -0.376 e. The van der Waals surface area contributed by atoms with Crippen molar-refractivity contribution in [2.24, 2.45) is 0 Å². The van der Waals surface area contributed by atoms with Crippen molar-refractivity contribution in [3.63, 3.8) is 0 Å². The molecule has 0 spiro atoms. The fourth-order valence-electron chi connectivity index (χ4n) is 1.93. The zero-order valence-electron chi connectivity index (χ0n) is 10.5. The summed E-state index contributed by atoms with van der Waals surface area (Å²) in [4.78, 5) is 8.77. The maximum absolute atomic E-state index is 13.6. The van der Waals surface area contributed by atoms with E-state index in [1.807, 2.05) is 24.3 Å². The number of hydrogen-bond acceptors (Lipinski definition) is 3. The van der Waals surface area contributed by atoms with Gasteiger partial charge in [-0.2, -0.15) is 0 Å². The second-order valence-electron chi connectivity index (χ2n) is 4.30. The highest BCUT2D eigenvalue weighted by Crippen LogP contribution is 2.25. The second-order valence-corrected chi connectivity index (χ2v) is 4.71. The van der Waals surface area contributed by atoms with Crippen molar-refractivity contribution >= 4 is 28.3 Å². The number of nitrogens with zero attached hydrogens (tertiary/aromatic N) is 2. The molecule has 0 radical (unpaired) electrons. The summed E-state index contributed by atoms with van der Waals surface area (Å²) in [5, 5.41) is 3.30. The Balaban J connectivity index is 1.83. The molecule has 0 fully saturated rings. The third-order valence-corrected chi connectivity index (χ3v) is 3.22. The van der Waals surface area contributed by atoms with Crippen molar-refractivity contribution in [3.05, 3.63) is 65.2 Å². The van der Waals surface area contributed by atoms with Gasteiger partial charge in [-0.3, -0.25) is 4.98 Å². The third kappa shape index (κ3) is 2.56. The zero-order chi connectivity index (χ0) is 13.9. The van der Waals surface area contributed by atoms with Crippen molar-refractivity contribution in [3.8, 4) is 0 Å². The molecule has 3 rings (SSSR count). The summed E-state index contributed by atoms with van der Waals surface area (Å²) in [5.74, 6) is -0.383. The van der Waals surface area contributed by atoms with Gasteiger partial charge in [0.1, 0.15) is 5.82 Å². The summed E-state index contributed by atoms with van der Waals surface area (Å²) in [6, 6.07) is 12.2. The third-order valence-electron chi connectivity index (χ3n) is 2.91. The molecule has 3 aromatic rings. The lowest BCUT2D eigenvalue weighted by Gasteiger charge is -2.09. The first-order valence-corrected chi connectivity index (χ1v) is 6.50. The van der Waals surface area contributed by atoms with Crippen molar-refractivity contribution in [1.29, 1.82) is 0 Å². The summed E-state index contributed by atoms with van der Waals surface area (Å²) in [5.41, 5.74) is 2.65. The second kappa shape index (κ2) is 5.43. The predicted octanol–water partition coefficient (Wildman–Crippen LogP) is 4.03. The summed E-state index contributed by atoms with van der Waals surface area (Å²) < 4.78 is 13.6. The Kier molecular flexibility index (Phi) is 3.48. The largest absolute Gasteiger partial charge is 0.376 e. The van der Waals surface area contributed by atoms with Crippen LogP contribution in [-0.2, 0) is 6.54 Å². The van der Waals surface area contributed by atoms with E-state index in [-0.39, 0.29) is 11.5 Å². The van der Waals surface area contributed by atoms with Gasteiger partial charge in [0.25, 0.3) is 0 Å². The molecule has 20 heavy (non-hydrogen) atoms. The van der Waals surface area contributed by atoms with Crippen LogP contribution in [0, 0.1) is 5.82 Å². The molecule has 0 bridgehead atoms. The van der Waals surface area contributed by atoms with E-state index in [2.05, 4.69) is 15.3 Å². The number of rotatable bonds is 3. The lowest BCUT2D eigenvalue weighted by molar-refractivity contribution is 0.630. The quantitative estimate of drug-likeness (QED) is 0.790. The van der Waals surface area contributed by atoms with Gasteiger partial charge >= 0.3 is 0 Å². The number of aromatic nitrogens is 2. The molecule has 0 aliphatic heterocycles. The van der Waals surface area contributed by atoms with Crippen LogP contribution >= 0.6 is 11.6 Å². The van der Waals surface area contributed by atoms with Gasteiger partial charge in [0, 0.05) is 0 Å². The zero-order valence-corrected chi connectivity index (χ0v) is 11.2. The van der Waals surface area contributed by atoms with Crippen LogP contribution in [0.15, 0.2) is 48.7 Å². The highest BCUT2D eigenvalue weighted by atomic mass is 35.5. The van der Waals surface area contributed by atoms with Crippen molar-refractivity contribution in [2.75, 3.05) is 5.32 Å². The molecular weight excluding hydrogens is 277 g/mol. The van der Waals surface area contributed by atoms with Crippen LogP contribution in [-0.4, -0.2) is 9.97 Å². The maximum atomic E-state index is 13.6. The number of hydrogen-bond donors (Lipinski definition) is 1. The molecule has 0 amide bonds. The Bertz CT molecular complexity index is 741. The predicted molar refractivity (Wildman–Crippen MR) is 78.3 cm³/mol. The SMILES string of the molecule is Fc1cccc(Cl)c1NCc1cnc2ccccc2n1. The van der Waals surface area contributed by atoms with Crippen LogP contribution in [0.1, 0.15) is 5.69 Å². The summed E-state index contributed by atoms with van der Waals surface area (Å²) >= 11 is 5.95. The van der Waals surface area contributed by atoms with Gasteiger partial charge in [0.2, 0.25) is 0 Å². The van der Waals surface area contributed by atoms with Crippen LogP contribution in [0.3, 0.4) is 0 Å². The van der Waals surface area contributed by atoms with Crippen molar-refractivity contribution < 1.29 is 4.39 Å². The molecule has 0 saturated heterocycles. The molecule has 1 N–H and O–H groups in total. The molecule has 5 heteroatoms. The van der Waals surface area contributed by atoms with Gasteiger partial charge in [-0.1, -0.05) is 29.8 Å².